The van der Waals surface area contributed by atoms with Crippen LogP contribution in [0.15, 0.2) is 0 Å². The summed E-state index contributed by atoms with van der Waals surface area (Å²) in [6, 6.07) is 0. The Morgan fingerprint density at radius 1 is 1.67 bits per heavy atom. The Morgan fingerprint density at radius 2 is 1.67 bits per heavy atom. The first-order valence-corrected chi connectivity index (χ1v) is 1.85. The van der Waals surface area contributed by atoms with E-state index in [1.54, 1.807) is 0 Å². The van der Waals surface area contributed by atoms with Crippen LogP contribution in [0.5, 0.6) is 0 Å². The van der Waals surface area contributed by atoms with E-state index in [9.17, 15) is 4.11 Å². The quantitative estimate of drug-likeness (QED) is 0.374. The van der Waals surface area contributed by atoms with Crippen molar-refractivity contribution in [2.45, 2.75) is 0 Å². The van der Waals surface area contributed by atoms with Crippen molar-refractivity contribution >= 4 is 75.5 Å². The van der Waals surface area contributed by atoms with Gasteiger partial charge in [-0.25, -0.2) is 0 Å². The summed E-state index contributed by atoms with van der Waals surface area (Å²) in [6.07, 6.45) is 0. The molecule has 6 heavy (non-hydrogen) atoms. The number of hydrogen-bond acceptors (Lipinski definition) is 1. The second-order valence-corrected chi connectivity index (χ2v) is 0.759. The molecule has 0 saturated heterocycles. The molecule has 0 rings (SSSR count). The van der Waals surface area contributed by atoms with E-state index in [2.05, 4.69) is 0 Å². The summed E-state index contributed by atoms with van der Waals surface area (Å²) in [7, 11) is -3.63. The Kier molecular flexibility index (Phi) is 26.0. The first-order chi connectivity index (χ1) is 1.73. The summed E-state index contributed by atoms with van der Waals surface area (Å²) in [5.74, 6) is 0. The fourth-order valence-corrected chi connectivity index (χ4v) is 0. The fraction of sp³-hybridized carbons (Fsp3) is 0. The van der Waals surface area contributed by atoms with E-state index in [4.69, 9.17) is 9.26 Å². The minimum absolute atomic E-state index is 0. The van der Waals surface area contributed by atoms with E-state index in [-0.39, 0.29) is 66.2 Å². The van der Waals surface area contributed by atoms with Gasteiger partial charge in [0.2, 0.25) is 0 Å². The average molecular weight is 249 g/mol. The van der Waals surface area contributed by atoms with Gasteiger partial charge in [-0.1, -0.05) is 0 Å². The molecule has 0 aliphatic rings. The molecule has 34 valence electrons. The summed E-state index contributed by atoms with van der Waals surface area (Å²) in [6.45, 7) is 0. The van der Waals surface area contributed by atoms with Crippen molar-refractivity contribution in [1.82, 2.24) is 0 Å². The third-order valence-corrected chi connectivity index (χ3v) is 0. The standard InChI is InChI=1S/Al.Ba.FHO2Si.5H/c;;1-4(2)3;;;;;/h;;2H;;;;;. The van der Waals surface area contributed by atoms with Gasteiger partial charge in [-0.2, -0.15) is 4.11 Å². The molecule has 0 unspecified atom stereocenters. The van der Waals surface area contributed by atoms with Gasteiger partial charge < -0.3 is 4.80 Å². The zero-order chi connectivity index (χ0) is 3.58. The molecular formula is H6AlBaFO2Si. The molecule has 0 atom stereocenters. The monoisotopic (exact) mass is 250 g/mol. The zero-order valence-corrected chi connectivity index (χ0v) is 2.73. The molecule has 0 bridgehead atoms. The van der Waals surface area contributed by atoms with Crippen LogP contribution in [0.4, 0.5) is 4.11 Å². The van der Waals surface area contributed by atoms with Gasteiger partial charge in [-0.3, -0.25) is 4.46 Å². The van der Waals surface area contributed by atoms with Gasteiger partial charge in [0.1, 0.15) is 0 Å². The van der Waals surface area contributed by atoms with E-state index in [0.717, 1.165) is 0 Å². The Hall–Kier alpha value is 1.85. The van der Waals surface area contributed by atoms with Crippen LogP contribution < -0.4 is 0 Å². The second kappa shape index (κ2) is 9.97. The number of halogens is 1. The molecule has 6 heteroatoms. The van der Waals surface area contributed by atoms with E-state index in [1.807, 2.05) is 0 Å². The summed E-state index contributed by atoms with van der Waals surface area (Å²) in [4.78, 5) is 6.94. The summed E-state index contributed by atoms with van der Waals surface area (Å²) >= 11 is 0. The Morgan fingerprint density at radius 3 is 1.67 bits per heavy atom. The topological polar surface area (TPSA) is 37.3 Å². The minimum atomic E-state index is -3.63. The number of hydrogen-bond donors (Lipinski definition) is 1. The average Bonchev–Trinajstić information content (AvgIpc) is 0.811. The van der Waals surface area contributed by atoms with Crippen LogP contribution in [-0.2, 0) is 4.46 Å². The molecule has 0 spiro atoms. The Bertz CT molecular complexity index is 36.5. The van der Waals surface area contributed by atoms with Gasteiger partial charge in [0.25, 0.3) is 0 Å². The third-order valence-electron chi connectivity index (χ3n) is 0. The molecule has 0 aliphatic heterocycles. The van der Waals surface area contributed by atoms with Gasteiger partial charge in [-0.05, 0) is 0 Å². The van der Waals surface area contributed by atoms with Crippen molar-refractivity contribution in [2.75, 3.05) is 0 Å². The maximum absolute atomic E-state index is 10.1. The zero-order valence-electron chi connectivity index (χ0n) is 1.73. The summed E-state index contributed by atoms with van der Waals surface area (Å²) < 4.78 is 18.6. The van der Waals surface area contributed by atoms with Crippen LogP contribution in [0.1, 0.15) is 0 Å². The SMILES string of the molecule is O=[Si](O)F.[AlH3].[BaH2]. The van der Waals surface area contributed by atoms with Crippen molar-refractivity contribution in [1.29, 1.82) is 0 Å². The van der Waals surface area contributed by atoms with Gasteiger partial charge in [-0.15, -0.1) is 0 Å². The van der Waals surface area contributed by atoms with Crippen LogP contribution in [0, 0.1) is 0 Å². The molecule has 2 nitrogen and oxygen atoms in total. The van der Waals surface area contributed by atoms with E-state index in [0.29, 0.717) is 0 Å². The van der Waals surface area contributed by atoms with Crippen molar-refractivity contribution in [3.63, 3.8) is 0 Å². The summed E-state index contributed by atoms with van der Waals surface area (Å²) in [5, 5.41) is 0. The molecule has 0 aliphatic carbocycles. The van der Waals surface area contributed by atoms with Crippen LogP contribution in [0.25, 0.3) is 0 Å². The van der Waals surface area contributed by atoms with E-state index >= 15 is 0 Å². The van der Waals surface area contributed by atoms with Crippen molar-refractivity contribution in [3.05, 3.63) is 0 Å². The van der Waals surface area contributed by atoms with Crippen LogP contribution in [0.3, 0.4) is 0 Å². The van der Waals surface area contributed by atoms with Gasteiger partial charge in [0.15, 0.2) is 17.4 Å². The molecule has 0 aromatic rings. The van der Waals surface area contributed by atoms with Crippen LogP contribution >= 0.6 is 0 Å². The van der Waals surface area contributed by atoms with E-state index < -0.39 is 9.26 Å². The third kappa shape index (κ3) is 40.2. The van der Waals surface area contributed by atoms with E-state index in [1.165, 1.54) is 0 Å². The predicted molar refractivity (Wildman–Crippen MR) is 28.3 cm³/mol. The molecular weight excluding hydrogens is 243 g/mol. The van der Waals surface area contributed by atoms with Gasteiger partial charge in [0, 0.05) is 0 Å². The molecule has 0 radical (unpaired) electrons. The Labute approximate surface area is 87.3 Å². The van der Waals surface area contributed by atoms with Crippen molar-refractivity contribution < 1.29 is 13.4 Å². The van der Waals surface area contributed by atoms with Crippen LogP contribution in [-0.4, -0.2) is 80.3 Å². The maximum atomic E-state index is 10.1. The molecule has 1 N–H and O–H groups in total. The normalized spacial score (nSPS) is 4.17. The second-order valence-electron chi connectivity index (χ2n) is 0.253. The van der Waals surface area contributed by atoms with Crippen molar-refractivity contribution in [2.24, 2.45) is 0 Å². The summed E-state index contributed by atoms with van der Waals surface area (Å²) in [5.41, 5.74) is 0. The molecule has 0 aromatic carbocycles. The first kappa shape index (κ1) is 15.7. The fourth-order valence-electron chi connectivity index (χ4n) is 0. The predicted octanol–water partition coefficient (Wildman–Crippen LogP) is -2.74. The van der Waals surface area contributed by atoms with Crippen molar-refractivity contribution in [3.8, 4) is 0 Å². The van der Waals surface area contributed by atoms with Gasteiger partial charge >= 0.3 is 58.1 Å². The van der Waals surface area contributed by atoms with Gasteiger partial charge in [0.05, 0.1) is 0 Å². The molecule has 0 aromatic heterocycles. The molecule has 0 amide bonds. The Balaban J connectivity index is -0.0000000450. The molecule has 0 fully saturated rings. The number of rotatable bonds is 0. The van der Waals surface area contributed by atoms with Crippen LogP contribution in [0.2, 0.25) is 0 Å². The molecule has 0 heterocycles. The first-order valence-electron chi connectivity index (χ1n) is 0.617. The molecule has 0 saturated carbocycles.